The number of nitrogens with zero attached hydrogens (tertiary/aromatic N) is 5. The maximum absolute atomic E-state index is 13.2. The lowest BCUT2D eigenvalue weighted by Crippen LogP contribution is -2.29. The number of nitrogens with one attached hydrogen (secondary N) is 2. The van der Waals surface area contributed by atoms with E-state index in [9.17, 15) is 9.18 Å². The van der Waals surface area contributed by atoms with E-state index in [1.54, 1.807) is 33.8 Å². The summed E-state index contributed by atoms with van der Waals surface area (Å²) in [6.45, 7) is 3.69. The highest BCUT2D eigenvalue weighted by Gasteiger charge is 2.20. The molecule has 4 rings (SSSR count). The number of carbonyl (C=O) groups excluding carboxylic acids is 1. The topological polar surface area (TPSA) is 89.7 Å². The lowest BCUT2D eigenvalue weighted by atomic mass is 10.1. The molecule has 0 radical (unpaired) electrons. The lowest BCUT2D eigenvalue weighted by Gasteiger charge is -2.22. The predicted molar refractivity (Wildman–Crippen MR) is 97.4 cm³/mol. The summed E-state index contributed by atoms with van der Waals surface area (Å²) < 4.78 is 16.5. The second-order valence-electron chi connectivity index (χ2n) is 6.58. The molecule has 27 heavy (non-hydrogen) atoms. The Labute approximate surface area is 155 Å². The van der Waals surface area contributed by atoms with Crippen molar-refractivity contribution in [2.75, 3.05) is 18.4 Å². The third-order valence-corrected chi connectivity index (χ3v) is 4.57. The normalized spacial score (nSPS) is 15.0. The Hall–Kier alpha value is -3.07. The Morgan fingerprint density at radius 1 is 1.26 bits per heavy atom. The SMILES string of the molecule is Cc1cc(NC(=O)c2cn(C3CCNCC3)nn2)n(-c2ccc(F)cc2)n1. The molecule has 1 saturated heterocycles. The Balaban J connectivity index is 1.53. The minimum atomic E-state index is -0.363. The summed E-state index contributed by atoms with van der Waals surface area (Å²) >= 11 is 0. The molecule has 0 bridgehead atoms. The molecule has 1 aromatic carbocycles. The van der Waals surface area contributed by atoms with Crippen LogP contribution < -0.4 is 10.6 Å². The number of piperidine rings is 1. The number of aromatic nitrogens is 5. The summed E-state index contributed by atoms with van der Waals surface area (Å²) in [6.07, 6.45) is 3.60. The van der Waals surface area contributed by atoms with Crippen molar-refractivity contribution in [1.29, 1.82) is 0 Å². The van der Waals surface area contributed by atoms with Crippen LogP contribution in [0.1, 0.15) is 35.1 Å². The summed E-state index contributed by atoms with van der Waals surface area (Å²) in [5, 5.41) is 18.6. The van der Waals surface area contributed by atoms with Crippen LogP contribution in [0.3, 0.4) is 0 Å². The highest BCUT2D eigenvalue weighted by molar-refractivity contribution is 6.02. The van der Waals surface area contributed by atoms with E-state index in [1.165, 1.54) is 12.1 Å². The number of halogens is 1. The van der Waals surface area contributed by atoms with Crippen molar-refractivity contribution in [1.82, 2.24) is 30.1 Å². The molecule has 9 heteroatoms. The molecule has 0 unspecified atom stereocenters. The van der Waals surface area contributed by atoms with E-state index in [0.717, 1.165) is 31.6 Å². The van der Waals surface area contributed by atoms with Crippen molar-refractivity contribution in [3.63, 3.8) is 0 Å². The summed E-state index contributed by atoms with van der Waals surface area (Å²) in [6, 6.07) is 7.91. The van der Waals surface area contributed by atoms with Crippen LogP contribution in [0, 0.1) is 12.7 Å². The summed E-state index contributed by atoms with van der Waals surface area (Å²) in [5.74, 6) is -0.207. The number of carbonyl (C=O) groups is 1. The molecule has 0 atom stereocenters. The summed E-state index contributed by atoms with van der Waals surface area (Å²) in [5.41, 5.74) is 1.63. The molecule has 0 saturated carbocycles. The first kappa shape index (κ1) is 17.3. The molecule has 8 nitrogen and oxygen atoms in total. The fourth-order valence-corrected chi connectivity index (χ4v) is 3.18. The lowest BCUT2D eigenvalue weighted by molar-refractivity contribution is 0.102. The largest absolute Gasteiger partial charge is 0.317 e. The van der Waals surface area contributed by atoms with Gasteiger partial charge in [0.15, 0.2) is 5.69 Å². The maximum Gasteiger partial charge on any atom is 0.278 e. The van der Waals surface area contributed by atoms with Crippen LogP contribution in [0.2, 0.25) is 0 Å². The minimum Gasteiger partial charge on any atom is -0.317 e. The molecule has 2 aromatic heterocycles. The van der Waals surface area contributed by atoms with Gasteiger partial charge in [0.05, 0.1) is 23.6 Å². The number of anilines is 1. The van der Waals surface area contributed by atoms with Gasteiger partial charge in [-0.3, -0.25) is 4.79 Å². The number of hydrogen-bond donors (Lipinski definition) is 2. The molecule has 2 N–H and O–H groups in total. The van der Waals surface area contributed by atoms with Gasteiger partial charge in [-0.15, -0.1) is 5.10 Å². The number of benzene rings is 1. The van der Waals surface area contributed by atoms with Crippen LogP contribution in [0.25, 0.3) is 5.69 Å². The standard InChI is InChI=1S/C18H20FN7O/c1-12-10-17(26(23-12)15-4-2-13(19)3-5-15)21-18(27)16-11-25(24-22-16)14-6-8-20-9-7-14/h2-5,10-11,14,20H,6-9H2,1H3,(H,21,27). The number of aryl methyl sites for hydroxylation is 1. The monoisotopic (exact) mass is 369 g/mol. The predicted octanol–water partition coefficient (Wildman–Crippen LogP) is 2.09. The van der Waals surface area contributed by atoms with Crippen LogP contribution in [0.5, 0.6) is 0 Å². The fourth-order valence-electron chi connectivity index (χ4n) is 3.18. The van der Waals surface area contributed by atoms with Crippen molar-refractivity contribution in [3.8, 4) is 5.69 Å². The zero-order valence-corrected chi connectivity index (χ0v) is 14.9. The Morgan fingerprint density at radius 2 is 2.00 bits per heavy atom. The van der Waals surface area contributed by atoms with Gasteiger partial charge in [-0.2, -0.15) is 5.10 Å². The first-order valence-corrected chi connectivity index (χ1v) is 8.86. The number of amides is 1. The van der Waals surface area contributed by atoms with E-state index in [0.29, 0.717) is 11.5 Å². The maximum atomic E-state index is 13.2. The third-order valence-electron chi connectivity index (χ3n) is 4.57. The van der Waals surface area contributed by atoms with Crippen LogP contribution in [0.4, 0.5) is 10.2 Å². The molecule has 1 fully saturated rings. The third kappa shape index (κ3) is 3.72. The molecule has 140 valence electrons. The Morgan fingerprint density at radius 3 is 2.74 bits per heavy atom. The summed E-state index contributed by atoms with van der Waals surface area (Å²) in [4.78, 5) is 12.6. The zero-order chi connectivity index (χ0) is 18.8. The molecule has 0 aliphatic carbocycles. The molecule has 1 aliphatic heterocycles. The molecule has 0 spiro atoms. The minimum absolute atomic E-state index is 0.248. The van der Waals surface area contributed by atoms with E-state index in [2.05, 4.69) is 26.0 Å². The van der Waals surface area contributed by atoms with E-state index in [-0.39, 0.29) is 23.5 Å². The van der Waals surface area contributed by atoms with Gasteiger partial charge in [0, 0.05) is 6.07 Å². The molecular weight excluding hydrogens is 349 g/mol. The van der Waals surface area contributed by atoms with Crippen LogP contribution in [0.15, 0.2) is 36.5 Å². The van der Waals surface area contributed by atoms with Crippen molar-refractivity contribution in [2.24, 2.45) is 0 Å². The molecule has 1 aliphatic rings. The first-order chi connectivity index (χ1) is 13.1. The van der Waals surface area contributed by atoms with Crippen molar-refractivity contribution >= 4 is 11.7 Å². The average molecular weight is 369 g/mol. The van der Waals surface area contributed by atoms with Crippen molar-refractivity contribution < 1.29 is 9.18 Å². The highest BCUT2D eigenvalue weighted by atomic mass is 19.1. The molecule has 3 heterocycles. The van der Waals surface area contributed by atoms with Crippen molar-refractivity contribution in [3.05, 3.63) is 53.7 Å². The summed E-state index contributed by atoms with van der Waals surface area (Å²) in [7, 11) is 0. The fraction of sp³-hybridized carbons (Fsp3) is 0.333. The van der Waals surface area contributed by atoms with Crippen LogP contribution in [-0.4, -0.2) is 43.8 Å². The van der Waals surface area contributed by atoms with Crippen molar-refractivity contribution in [2.45, 2.75) is 25.8 Å². The van der Waals surface area contributed by atoms with Gasteiger partial charge in [-0.05, 0) is 57.1 Å². The van der Waals surface area contributed by atoms with E-state index >= 15 is 0 Å². The Bertz CT molecular complexity index is 941. The highest BCUT2D eigenvalue weighted by Crippen LogP contribution is 2.20. The van der Waals surface area contributed by atoms with E-state index in [1.807, 2.05) is 6.92 Å². The average Bonchev–Trinajstić information content (AvgIpc) is 3.30. The first-order valence-electron chi connectivity index (χ1n) is 8.86. The van der Waals surface area contributed by atoms with Gasteiger partial charge in [0.25, 0.3) is 5.91 Å². The number of hydrogen-bond acceptors (Lipinski definition) is 5. The second kappa shape index (κ2) is 7.28. The van der Waals surface area contributed by atoms with Gasteiger partial charge in [0.2, 0.25) is 0 Å². The quantitative estimate of drug-likeness (QED) is 0.735. The van der Waals surface area contributed by atoms with Gasteiger partial charge >= 0.3 is 0 Å². The smallest absolute Gasteiger partial charge is 0.278 e. The van der Waals surface area contributed by atoms with Gasteiger partial charge < -0.3 is 10.6 Å². The van der Waals surface area contributed by atoms with Crippen LogP contribution in [-0.2, 0) is 0 Å². The van der Waals surface area contributed by atoms with Gasteiger partial charge in [0.1, 0.15) is 11.6 Å². The van der Waals surface area contributed by atoms with Gasteiger partial charge in [-0.1, -0.05) is 5.21 Å². The second-order valence-corrected chi connectivity index (χ2v) is 6.58. The van der Waals surface area contributed by atoms with E-state index in [4.69, 9.17) is 0 Å². The Kier molecular flexibility index (Phi) is 4.68. The number of rotatable bonds is 4. The molecule has 1 amide bonds. The zero-order valence-electron chi connectivity index (χ0n) is 14.9. The van der Waals surface area contributed by atoms with Gasteiger partial charge in [-0.25, -0.2) is 13.8 Å². The van der Waals surface area contributed by atoms with E-state index < -0.39 is 0 Å². The molecule has 3 aromatic rings. The molecular formula is C18H20FN7O. The van der Waals surface area contributed by atoms with Crippen LogP contribution >= 0.6 is 0 Å².